The summed E-state index contributed by atoms with van der Waals surface area (Å²) in [6.07, 6.45) is 4.33. The zero-order valence-corrected chi connectivity index (χ0v) is 15.6. The van der Waals surface area contributed by atoms with E-state index in [1.807, 2.05) is 48.5 Å². The normalized spacial score (nSPS) is 11.9. The molecule has 2 heterocycles. The number of aryl methyl sites for hydroxylation is 1. The van der Waals surface area contributed by atoms with E-state index in [-0.39, 0.29) is 18.5 Å². The monoisotopic (exact) mass is 385 g/mol. The summed E-state index contributed by atoms with van der Waals surface area (Å²) in [6.45, 7) is 0.202. The van der Waals surface area contributed by atoms with Crippen molar-refractivity contribution in [2.75, 3.05) is 0 Å². The molecule has 0 aliphatic rings. The Hall–Kier alpha value is -3.80. The van der Waals surface area contributed by atoms with Gasteiger partial charge in [0.2, 0.25) is 0 Å². The molecule has 0 fully saturated rings. The van der Waals surface area contributed by atoms with E-state index in [1.54, 1.807) is 30.6 Å². The minimum Gasteiger partial charge on any atom is -0.452 e. The number of fused-ring (bicyclic) bond motifs is 1. The molecule has 0 radical (unpaired) electrons. The van der Waals surface area contributed by atoms with E-state index >= 15 is 0 Å². The van der Waals surface area contributed by atoms with E-state index < -0.39 is 12.1 Å². The van der Waals surface area contributed by atoms with Gasteiger partial charge < -0.3 is 4.74 Å². The minimum absolute atomic E-state index is 0.0638. The Balaban J connectivity index is 1.50. The third-order valence-corrected chi connectivity index (χ3v) is 4.65. The first-order valence-electron chi connectivity index (χ1n) is 9.31. The van der Waals surface area contributed by atoms with Crippen molar-refractivity contribution in [2.24, 2.45) is 0 Å². The van der Waals surface area contributed by atoms with Crippen LogP contribution >= 0.6 is 0 Å². The molecule has 2 aromatic carbocycles. The molecular weight excluding hydrogens is 366 g/mol. The Kier molecular flexibility index (Phi) is 5.42. The van der Waals surface area contributed by atoms with Crippen molar-refractivity contribution in [1.82, 2.24) is 14.5 Å². The molecule has 1 unspecified atom stereocenters. The van der Waals surface area contributed by atoms with Gasteiger partial charge in [-0.25, -0.2) is 4.98 Å². The smallest absolute Gasteiger partial charge is 0.308 e. The van der Waals surface area contributed by atoms with Crippen LogP contribution in [0.5, 0.6) is 0 Å². The highest BCUT2D eigenvalue weighted by Crippen LogP contribution is 2.26. The second-order valence-electron chi connectivity index (χ2n) is 6.57. The summed E-state index contributed by atoms with van der Waals surface area (Å²) in [7, 11) is 0. The summed E-state index contributed by atoms with van der Waals surface area (Å²) < 4.78 is 7.21. The topological polar surface area (TPSA) is 74.1 Å². The van der Waals surface area contributed by atoms with E-state index in [0.717, 1.165) is 11.1 Å². The number of hydrogen-bond acceptors (Lipinski definition) is 5. The molecule has 0 N–H and O–H groups in total. The maximum absolute atomic E-state index is 12.6. The lowest BCUT2D eigenvalue weighted by Crippen LogP contribution is -2.23. The van der Waals surface area contributed by atoms with Gasteiger partial charge in [0, 0.05) is 24.5 Å². The van der Waals surface area contributed by atoms with Gasteiger partial charge in [-0.1, -0.05) is 42.5 Å². The largest absolute Gasteiger partial charge is 0.452 e. The number of aromatic nitrogens is 3. The highest BCUT2D eigenvalue weighted by molar-refractivity contribution is 5.77. The number of ether oxygens (including phenoxy) is 1. The molecule has 0 aliphatic heterocycles. The molecule has 2 aromatic heterocycles. The van der Waals surface area contributed by atoms with Crippen molar-refractivity contribution < 1.29 is 9.53 Å². The molecule has 0 saturated heterocycles. The van der Waals surface area contributed by atoms with Gasteiger partial charge in [0.1, 0.15) is 0 Å². The van der Waals surface area contributed by atoms with E-state index in [2.05, 4.69) is 9.97 Å². The van der Waals surface area contributed by atoms with Gasteiger partial charge >= 0.3 is 5.97 Å². The van der Waals surface area contributed by atoms with Crippen LogP contribution in [0.4, 0.5) is 0 Å². The molecule has 29 heavy (non-hydrogen) atoms. The van der Waals surface area contributed by atoms with Crippen LogP contribution in [-0.4, -0.2) is 20.5 Å². The maximum atomic E-state index is 12.6. The van der Waals surface area contributed by atoms with E-state index in [1.165, 1.54) is 10.9 Å². The quantitative estimate of drug-likeness (QED) is 0.475. The zero-order chi connectivity index (χ0) is 20.1. The number of nitrogens with zero attached hydrogens (tertiary/aromatic N) is 3. The van der Waals surface area contributed by atoms with Crippen molar-refractivity contribution in [3.05, 3.63) is 107 Å². The predicted molar refractivity (Wildman–Crippen MR) is 109 cm³/mol. The van der Waals surface area contributed by atoms with E-state index in [4.69, 9.17) is 4.74 Å². The molecule has 0 amide bonds. The standard InChI is InChI=1S/C23H19N3O3/c27-21(12-15-26-16-25-20-9-5-4-8-19(20)23(26)28)29-22(17-6-2-1-3-7-17)18-10-13-24-14-11-18/h1-11,13-14,16,22H,12,15H2. The summed E-state index contributed by atoms with van der Waals surface area (Å²) in [5.41, 5.74) is 2.18. The van der Waals surface area contributed by atoms with Gasteiger partial charge in [-0.3, -0.25) is 19.1 Å². The molecule has 0 saturated carbocycles. The SMILES string of the molecule is O=C(CCn1cnc2ccccc2c1=O)OC(c1ccccc1)c1ccncc1. The molecular formula is C23H19N3O3. The first-order valence-corrected chi connectivity index (χ1v) is 9.31. The number of hydrogen-bond donors (Lipinski definition) is 0. The molecule has 0 aliphatic carbocycles. The highest BCUT2D eigenvalue weighted by atomic mass is 16.5. The second kappa shape index (κ2) is 8.48. The fraction of sp³-hybridized carbons (Fsp3) is 0.130. The van der Waals surface area contributed by atoms with Gasteiger partial charge in [0.15, 0.2) is 6.10 Å². The Morgan fingerprint density at radius 3 is 2.41 bits per heavy atom. The minimum atomic E-state index is -0.529. The van der Waals surface area contributed by atoms with Crippen molar-refractivity contribution in [1.29, 1.82) is 0 Å². The van der Waals surface area contributed by atoms with Gasteiger partial charge in [-0.2, -0.15) is 0 Å². The third-order valence-electron chi connectivity index (χ3n) is 4.65. The first kappa shape index (κ1) is 18.6. The number of rotatable bonds is 6. The number of esters is 1. The lowest BCUT2D eigenvalue weighted by Gasteiger charge is -2.19. The summed E-state index contributed by atoms with van der Waals surface area (Å²) in [6, 6.07) is 20.3. The van der Waals surface area contributed by atoms with Gasteiger partial charge in [0.25, 0.3) is 5.56 Å². The van der Waals surface area contributed by atoms with Crippen LogP contribution in [0.3, 0.4) is 0 Å². The Morgan fingerprint density at radius 1 is 0.931 bits per heavy atom. The number of pyridine rings is 1. The van der Waals surface area contributed by atoms with Crippen LogP contribution in [0, 0.1) is 0 Å². The van der Waals surface area contributed by atoms with Crippen LogP contribution in [0.15, 0.2) is 90.2 Å². The number of para-hydroxylation sites is 1. The van der Waals surface area contributed by atoms with E-state index in [9.17, 15) is 9.59 Å². The first-order chi connectivity index (χ1) is 14.2. The average Bonchev–Trinajstić information content (AvgIpc) is 2.78. The molecule has 1 atom stereocenters. The van der Waals surface area contributed by atoms with Crippen molar-refractivity contribution in [3.63, 3.8) is 0 Å². The molecule has 6 nitrogen and oxygen atoms in total. The molecule has 6 heteroatoms. The summed E-state index contributed by atoms with van der Waals surface area (Å²) in [5, 5.41) is 0.530. The number of benzene rings is 2. The van der Waals surface area contributed by atoms with Crippen LogP contribution in [0.1, 0.15) is 23.7 Å². The van der Waals surface area contributed by atoms with Crippen LogP contribution in [0.2, 0.25) is 0 Å². The van der Waals surface area contributed by atoms with Crippen molar-refractivity contribution >= 4 is 16.9 Å². The number of carbonyl (C=O) groups is 1. The molecule has 4 aromatic rings. The second-order valence-corrected chi connectivity index (χ2v) is 6.57. The highest BCUT2D eigenvalue weighted by Gasteiger charge is 2.19. The van der Waals surface area contributed by atoms with Crippen LogP contribution in [0.25, 0.3) is 10.9 Å². The number of carbonyl (C=O) groups excluding carboxylic acids is 1. The Bertz CT molecular complexity index is 1130. The fourth-order valence-corrected chi connectivity index (χ4v) is 3.16. The van der Waals surface area contributed by atoms with Crippen LogP contribution < -0.4 is 5.56 Å². The Labute approximate surface area is 167 Å². The van der Waals surface area contributed by atoms with Crippen molar-refractivity contribution in [2.45, 2.75) is 19.1 Å². The molecule has 144 valence electrons. The lowest BCUT2D eigenvalue weighted by molar-refractivity contribution is -0.147. The summed E-state index contributed by atoms with van der Waals surface area (Å²) in [5.74, 6) is -0.393. The average molecular weight is 385 g/mol. The van der Waals surface area contributed by atoms with Crippen LogP contribution in [-0.2, 0) is 16.1 Å². The zero-order valence-electron chi connectivity index (χ0n) is 15.6. The molecule has 0 spiro atoms. The van der Waals surface area contributed by atoms with Gasteiger partial charge in [-0.05, 0) is 29.8 Å². The summed E-state index contributed by atoms with van der Waals surface area (Å²) >= 11 is 0. The van der Waals surface area contributed by atoms with Gasteiger partial charge in [0.05, 0.1) is 23.7 Å². The summed E-state index contributed by atoms with van der Waals surface area (Å²) in [4.78, 5) is 33.5. The lowest BCUT2D eigenvalue weighted by atomic mass is 10.0. The Morgan fingerprint density at radius 2 is 1.62 bits per heavy atom. The molecule has 4 rings (SSSR count). The molecule has 0 bridgehead atoms. The maximum Gasteiger partial charge on any atom is 0.308 e. The third kappa shape index (κ3) is 4.21. The predicted octanol–water partition coefficient (Wildman–Crippen LogP) is 3.51. The fourth-order valence-electron chi connectivity index (χ4n) is 3.16. The van der Waals surface area contributed by atoms with Crippen molar-refractivity contribution in [3.8, 4) is 0 Å². The van der Waals surface area contributed by atoms with Gasteiger partial charge in [-0.15, -0.1) is 0 Å². The van der Waals surface area contributed by atoms with E-state index in [0.29, 0.717) is 10.9 Å².